The molecule has 0 spiro atoms. The van der Waals surface area contributed by atoms with Crippen LogP contribution in [0.5, 0.6) is 0 Å². The lowest BCUT2D eigenvalue weighted by Gasteiger charge is -2.10. The summed E-state index contributed by atoms with van der Waals surface area (Å²) >= 11 is 5.99. The molecule has 2 aliphatic rings. The molecule has 2 aromatic rings. The van der Waals surface area contributed by atoms with E-state index in [-0.39, 0.29) is 6.04 Å². The number of fused-ring (bicyclic) bond motifs is 2. The first kappa shape index (κ1) is 10.9. The fraction of sp³-hybridized carbons (Fsp3) is 0.467. The molecule has 2 fully saturated rings. The van der Waals surface area contributed by atoms with Gasteiger partial charge in [0, 0.05) is 10.4 Å². The van der Waals surface area contributed by atoms with E-state index in [2.05, 4.69) is 6.07 Å². The Morgan fingerprint density at radius 3 is 2.78 bits per heavy atom. The Bertz CT molecular complexity index is 596. The van der Waals surface area contributed by atoms with Crippen molar-refractivity contribution in [3.05, 3.63) is 35.0 Å². The molecule has 94 valence electrons. The molecule has 3 heteroatoms. The van der Waals surface area contributed by atoms with E-state index in [1.54, 1.807) is 0 Å². The second kappa shape index (κ2) is 3.75. The maximum Gasteiger partial charge on any atom is 0.134 e. The van der Waals surface area contributed by atoms with Crippen LogP contribution in [0, 0.1) is 17.8 Å². The minimum Gasteiger partial charge on any atom is -0.459 e. The highest BCUT2D eigenvalue weighted by molar-refractivity contribution is 6.31. The summed E-state index contributed by atoms with van der Waals surface area (Å²) < 4.78 is 5.87. The van der Waals surface area contributed by atoms with Gasteiger partial charge in [0.2, 0.25) is 0 Å². The van der Waals surface area contributed by atoms with Crippen LogP contribution in [-0.4, -0.2) is 0 Å². The van der Waals surface area contributed by atoms with Gasteiger partial charge in [-0.1, -0.05) is 18.0 Å². The summed E-state index contributed by atoms with van der Waals surface area (Å²) in [5.74, 6) is 3.29. The fourth-order valence-electron chi connectivity index (χ4n) is 3.80. The molecule has 3 unspecified atom stereocenters. The average molecular weight is 262 g/mol. The third-order valence-electron chi connectivity index (χ3n) is 4.71. The Morgan fingerprint density at radius 2 is 2.00 bits per heavy atom. The van der Waals surface area contributed by atoms with Crippen LogP contribution in [0.15, 0.2) is 28.7 Å². The Kier molecular flexibility index (Phi) is 2.27. The fourth-order valence-corrected chi connectivity index (χ4v) is 3.98. The Morgan fingerprint density at radius 1 is 1.22 bits per heavy atom. The van der Waals surface area contributed by atoms with Crippen LogP contribution in [0.2, 0.25) is 5.02 Å². The van der Waals surface area contributed by atoms with Crippen molar-refractivity contribution >= 4 is 22.6 Å². The van der Waals surface area contributed by atoms with Gasteiger partial charge in [-0.25, -0.2) is 0 Å². The lowest BCUT2D eigenvalue weighted by molar-refractivity contribution is 0.422. The Balaban J connectivity index is 1.66. The van der Waals surface area contributed by atoms with Crippen LogP contribution in [-0.2, 0) is 0 Å². The molecule has 0 aliphatic heterocycles. The summed E-state index contributed by atoms with van der Waals surface area (Å²) in [6.07, 6.45) is 4.10. The quantitative estimate of drug-likeness (QED) is 0.883. The molecule has 2 saturated carbocycles. The molecule has 0 saturated heterocycles. The number of rotatable bonds is 2. The van der Waals surface area contributed by atoms with E-state index in [4.69, 9.17) is 21.8 Å². The molecular weight excluding hydrogens is 246 g/mol. The molecule has 1 aromatic carbocycles. The zero-order chi connectivity index (χ0) is 12.3. The molecule has 0 radical (unpaired) electrons. The summed E-state index contributed by atoms with van der Waals surface area (Å²) in [6.45, 7) is 0. The van der Waals surface area contributed by atoms with E-state index in [0.717, 1.165) is 33.6 Å². The van der Waals surface area contributed by atoms with E-state index in [1.807, 2.05) is 18.2 Å². The van der Waals surface area contributed by atoms with Crippen LogP contribution in [0.3, 0.4) is 0 Å². The number of hydrogen-bond donors (Lipinski definition) is 1. The molecule has 1 aromatic heterocycles. The number of hydrogen-bond acceptors (Lipinski definition) is 2. The molecule has 0 bridgehead atoms. The van der Waals surface area contributed by atoms with Crippen molar-refractivity contribution in [3.63, 3.8) is 0 Å². The van der Waals surface area contributed by atoms with Crippen LogP contribution >= 0.6 is 11.6 Å². The average Bonchev–Trinajstić information content (AvgIpc) is 2.77. The van der Waals surface area contributed by atoms with Gasteiger partial charge in [0.15, 0.2) is 0 Å². The van der Waals surface area contributed by atoms with Gasteiger partial charge in [-0.2, -0.15) is 0 Å². The normalized spacial score (nSPS) is 31.6. The summed E-state index contributed by atoms with van der Waals surface area (Å²) in [6, 6.07) is 7.83. The summed E-state index contributed by atoms with van der Waals surface area (Å²) in [5.41, 5.74) is 7.25. The van der Waals surface area contributed by atoms with Crippen molar-refractivity contribution in [2.45, 2.75) is 25.3 Å². The summed E-state index contributed by atoms with van der Waals surface area (Å²) in [7, 11) is 0. The van der Waals surface area contributed by atoms with Gasteiger partial charge < -0.3 is 10.2 Å². The second-order valence-corrected chi connectivity index (χ2v) is 6.13. The highest BCUT2D eigenvalue weighted by atomic mass is 35.5. The maximum atomic E-state index is 6.37. The predicted molar refractivity (Wildman–Crippen MR) is 72.5 cm³/mol. The van der Waals surface area contributed by atoms with Crippen LogP contribution < -0.4 is 5.73 Å². The third kappa shape index (κ3) is 1.52. The molecule has 1 heterocycles. The van der Waals surface area contributed by atoms with Gasteiger partial charge in [-0.15, -0.1) is 0 Å². The van der Waals surface area contributed by atoms with Crippen molar-refractivity contribution in [1.82, 2.24) is 0 Å². The molecule has 4 rings (SSSR count). The zero-order valence-corrected chi connectivity index (χ0v) is 10.9. The van der Waals surface area contributed by atoms with Crippen LogP contribution in [0.4, 0.5) is 0 Å². The van der Waals surface area contributed by atoms with E-state index >= 15 is 0 Å². The van der Waals surface area contributed by atoms with Crippen molar-refractivity contribution in [1.29, 1.82) is 0 Å². The summed E-state index contributed by atoms with van der Waals surface area (Å²) in [5, 5.41) is 1.80. The van der Waals surface area contributed by atoms with Gasteiger partial charge in [-0.3, -0.25) is 0 Å². The molecule has 2 nitrogen and oxygen atoms in total. The summed E-state index contributed by atoms with van der Waals surface area (Å²) in [4.78, 5) is 0. The van der Waals surface area contributed by atoms with E-state index in [0.29, 0.717) is 5.92 Å². The molecule has 2 N–H and O–H groups in total. The lowest BCUT2D eigenvalue weighted by Crippen LogP contribution is -2.14. The smallest absolute Gasteiger partial charge is 0.134 e. The van der Waals surface area contributed by atoms with Crippen molar-refractivity contribution in [2.24, 2.45) is 23.5 Å². The van der Waals surface area contributed by atoms with E-state index < -0.39 is 0 Å². The number of halogens is 1. The number of nitrogens with two attached hydrogens (primary N) is 1. The van der Waals surface area contributed by atoms with Crippen molar-refractivity contribution in [2.75, 3.05) is 0 Å². The number of benzene rings is 1. The van der Waals surface area contributed by atoms with Gasteiger partial charge in [0.25, 0.3) is 0 Å². The SMILES string of the molecule is NC(c1cc2cc(Cl)ccc2o1)C1C2CCCC21. The van der Waals surface area contributed by atoms with Crippen molar-refractivity contribution in [3.8, 4) is 0 Å². The minimum atomic E-state index is 0.0616. The van der Waals surface area contributed by atoms with Crippen LogP contribution in [0.1, 0.15) is 31.1 Å². The largest absolute Gasteiger partial charge is 0.459 e. The first-order chi connectivity index (χ1) is 8.74. The first-order valence-corrected chi connectivity index (χ1v) is 7.06. The van der Waals surface area contributed by atoms with Crippen LogP contribution in [0.25, 0.3) is 11.0 Å². The molecular formula is C15H16ClNO. The highest BCUT2D eigenvalue weighted by Crippen LogP contribution is 2.61. The standard InChI is InChI=1S/C15H16ClNO/c16-9-4-5-12-8(6-9)7-13(18-12)15(17)14-10-2-1-3-11(10)14/h4-7,10-11,14-15H,1-3,17H2. The predicted octanol–water partition coefficient (Wildman–Crippen LogP) is 4.13. The van der Waals surface area contributed by atoms with Gasteiger partial charge >= 0.3 is 0 Å². The van der Waals surface area contributed by atoms with E-state index in [9.17, 15) is 0 Å². The first-order valence-electron chi connectivity index (χ1n) is 6.68. The van der Waals surface area contributed by atoms with Gasteiger partial charge in [-0.05, 0) is 54.9 Å². The second-order valence-electron chi connectivity index (χ2n) is 5.69. The monoisotopic (exact) mass is 261 g/mol. The van der Waals surface area contributed by atoms with Gasteiger partial charge in [0.1, 0.15) is 11.3 Å². The van der Waals surface area contributed by atoms with Gasteiger partial charge in [0.05, 0.1) is 6.04 Å². The Hall–Kier alpha value is -0.990. The molecule has 3 atom stereocenters. The lowest BCUT2D eigenvalue weighted by atomic mass is 10.0. The van der Waals surface area contributed by atoms with Crippen molar-refractivity contribution < 1.29 is 4.42 Å². The molecule has 0 amide bonds. The Labute approximate surface area is 111 Å². The topological polar surface area (TPSA) is 39.2 Å². The zero-order valence-electron chi connectivity index (χ0n) is 10.1. The third-order valence-corrected chi connectivity index (χ3v) is 4.95. The maximum absolute atomic E-state index is 6.37. The molecule has 2 aliphatic carbocycles. The highest BCUT2D eigenvalue weighted by Gasteiger charge is 2.55. The molecule has 18 heavy (non-hydrogen) atoms. The number of furan rings is 1. The minimum absolute atomic E-state index is 0.0616. The van der Waals surface area contributed by atoms with E-state index in [1.165, 1.54) is 19.3 Å².